The Labute approximate surface area is 132 Å². The summed E-state index contributed by atoms with van der Waals surface area (Å²) in [5, 5.41) is 12.7. The lowest BCUT2D eigenvalue weighted by Crippen LogP contribution is -2.41. The van der Waals surface area contributed by atoms with Crippen molar-refractivity contribution in [3.63, 3.8) is 0 Å². The van der Waals surface area contributed by atoms with E-state index in [-0.39, 0.29) is 18.1 Å². The van der Waals surface area contributed by atoms with Gasteiger partial charge in [-0.3, -0.25) is 0 Å². The maximum atomic E-state index is 12.0. The lowest BCUT2D eigenvalue weighted by Gasteiger charge is -2.23. The number of hydrogen-bond acceptors (Lipinski definition) is 3. The van der Waals surface area contributed by atoms with Gasteiger partial charge in [-0.2, -0.15) is 0 Å². The third-order valence-corrected chi connectivity index (χ3v) is 4.08. The van der Waals surface area contributed by atoms with Crippen molar-refractivity contribution in [2.24, 2.45) is 5.92 Å². The SMILES string of the molecule is CN(CC1CCCC1O)C(=O)NCCCOc1ccccc1. The molecule has 1 saturated carbocycles. The Bertz CT molecular complexity index is 452. The Morgan fingerprint density at radius 2 is 2.14 bits per heavy atom. The van der Waals surface area contributed by atoms with Gasteiger partial charge in [-0.1, -0.05) is 24.6 Å². The first-order valence-electron chi connectivity index (χ1n) is 8.01. The zero-order valence-electron chi connectivity index (χ0n) is 13.2. The highest BCUT2D eigenvalue weighted by Gasteiger charge is 2.27. The fourth-order valence-electron chi connectivity index (χ4n) is 2.77. The minimum absolute atomic E-state index is 0.0844. The summed E-state index contributed by atoms with van der Waals surface area (Å²) in [4.78, 5) is 13.6. The number of urea groups is 1. The van der Waals surface area contributed by atoms with Crippen molar-refractivity contribution in [1.29, 1.82) is 0 Å². The van der Waals surface area contributed by atoms with Crippen LogP contribution >= 0.6 is 0 Å². The van der Waals surface area contributed by atoms with E-state index in [2.05, 4.69) is 5.32 Å². The fourth-order valence-corrected chi connectivity index (χ4v) is 2.77. The van der Waals surface area contributed by atoms with Crippen LogP contribution in [0, 0.1) is 5.92 Å². The van der Waals surface area contributed by atoms with Gasteiger partial charge in [-0.05, 0) is 31.4 Å². The Hall–Kier alpha value is -1.75. The first kappa shape index (κ1) is 16.6. The van der Waals surface area contributed by atoms with Crippen LogP contribution in [-0.4, -0.2) is 48.9 Å². The molecule has 0 saturated heterocycles. The summed E-state index contributed by atoms with van der Waals surface area (Å²) in [7, 11) is 1.78. The number of carbonyl (C=O) groups excluding carboxylic acids is 1. The van der Waals surface area contributed by atoms with Gasteiger partial charge in [0.15, 0.2) is 0 Å². The van der Waals surface area contributed by atoms with E-state index < -0.39 is 0 Å². The van der Waals surface area contributed by atoms with Crippen LogP contribution in [0.4, 0.5) is 4.79 Å². The molecule has 1 fully saturated rings. The van der Waals surface area contributed by atoms with Gasteiger partial charge < -0.3 is 20.1 Å². The van der Waals surface area contributed by atoms with E-state index in [4.69, 9.17) is 4.74 Å². The molecule has 5 nitrogen and oxygen atoms in total. The van der Waals surface area contributed by atoms with Crippen LogP contribution in [-0.2, 0) is 0 Å². The highest BCUT2D eigenvalue weighted by molar-refractivity contribution is 5.73. The number of nitrogens with one attached hydrogen (secondary N) is 1. The third kappa shape index (κ3) is 5.22. The van der Waals surface area contributed by atoms with E-state index >= 15 is 0 Å². The second-order valence-electron chi connectivity index (χ2n) is 5.89. The summed E-state index contributed by atoms with van der Waals surface area (Å²) in [6, 6.07) is 9.56. The Kier molecular flexibility index (Phi) is 6.52. The number of rotatable bonds is 7. The highest BCUT2D eigenvalue weighted by atomic mass is 16.5. The molecule has 22 heavy (non-hydrogen) atoms. The molecule has 0 heterocycles. The number of aliphatic hydroxyl groups excluding tert-OH is 1. The lowest BCUT2D eigenvalue weighted by molar-refractivity contribution is 0.114. The molecule has 2 atom stereocenters. The van der Waals surface area contributed by atoms with Crippen LogP contribution < -0.4 is 10.1 Å². The van der Waals surface area contributed by atoms with Crippen molar-refractivity contribution in [2.75, 3.05) is 26.7 Å². The average Bonchev–Trinajstić information content (AvgIpc) is 2.93. The maximum absolute atomic E-state index is 12.0. The molecule has 2 N–H and O–H groups in total. The first-order chi connectivity index (χ1) is 10.7. The molecule has 2 unspecified atom stereocenters. The number of benzene rings is 1. The predicted molar refractivity (Wildman–Crippen MR) is 85.9 cm³/mol. The van der Waals surface area contributed by atoms with Gasteiger partial charge in [-0.25, -0.2) is 4.79 Å². The van der Waals surface area contributed by atoms with E-state index in [0.29, 0.717) is 19.7 Å². The number of carbonyl (C=O) groups is 1. The van der Waals surface area contributed by atoms with E-state index in [1.165, 1.54) is 0 Å². The van der Waals surface area contributed by atoms with Gasteiger partial charge in [-0.15, -0.1) is 0 Å². The summed E-state index contributed by atoms with van der Waals surface area (Å²) in [6.07, 6.45) is 3.42. The number of aliphatic hydroxyl groups is 1. The molecule has 1 aromatic carbocycles. The molecule has 2 amide bonds. The number of para-hydroxylation sites is 1. The Morgan fingerprint density at radius 1 is 1.36 bits per heavy atom. The van der Waals surface area contributed by atoms with Crippen LogP contribution in [0.15, 0.2) is 30.3 Å². The van der Waals surface area contributed by atoms with Crippen molar-refractivity contribution in [3.8, 4) is 5.75 Å². The maximum Gasteiger partial charge on any atom is 0.317 e. The van der Waals surface area contributed by atoms with Crippen LogP contribution in [0.3, 0.4) is 0 Å². The van der Waals surface area contributed by atoms with Crippen LogP contribution in [0.1, 0.15) is 25.7 Å². The third-order valence-electron chi connectivity index (χ3n) is 4.08. The molecule has 0 spiro atoms. The topological polar surface area (TPSA) is 61.8 Å². The molecule has 1 aliphatic carbocycles. The summed E-state index contributed by atoms with van der Waals surface area (Å²) >= 11 is 0. The fraction of sp³-hybridized carbons (Fsp3) is 0.588. The van der Waals surface area contributed by atoms with Gasteiger partial charge >= 0.3 is 6.03 Å². The number of hydrogen-bond donors (Lipinski definition) is 2. The zero-order valence-corrected chi connectivity index (χ0v) is 13.2. The van der Waals surface area contributed by atoms with E-state index in [9.17, 15) is 9.90 Å². The summed E-state index contributed by atoms with van der Waals surface area (Å²) in [6.45, 7) is 1.78. The molecule has 0 bridgehead atoms. The second-order valence-corrected chi connectivity index (χ2v) is 5.89. The largest absolute Gasteiger partial charge is 0.494 e. The normalized spacial score (nSPS) is 20.6. The molecule has 122 valence electrons. The quantitative estimate of drug-likeness (QED) is 0.760. The molecule has 0 radical (unpaired) electrons. The summed E-state index contributed by atoms with van der Waals surface area (Å²) in [5.41, 5.74) is 0. The van der Waals surface area contributed by atoms with Crippen molar-refractivity contribution >= 4 is 6.03 Å². The molecule has 1 aliphatic rings. The highest BCUT2D eigenvalue weighted by Crippen LogP contribution is 2.25. The van der Waals surface area contributed by atoms with Crippen molar-refractivity contribution < 1.29 is 14.6 Å². The first-order valence-corrected chi connectivity index (χ1v) is 8.01. The standard InChI is InChI=1S/C17H26N2O3/c1-19(13-14-7-5-10-16(14)20)17(21)18-11-6-12-22-15-8-3-2-4-9-15/h2-4,8-9,14,16,20H,5-7,10-13H2,1H3,(H,18,21). The van der Waals surface area contributed by atoms with E-state index in [1.807, 2.05) is 30.3 Å². The molecule has 0 aliphatic heterocycles. The zero-order chi connectivity index (χ0) is 15.8. The smallest absolute Gasteiger partial charge is 0.317 e. The summed E-state index contributed by atoms with van der Waals surface area (Å²) < 4.78 is 5.57. The molecule has 5 heteroatoms. The number of ether oxygens (including phenoxy) is 1. The monoisotopic (exact) mass is 306 g/mol. The van der Waals surface area contributed by atoms with Gasteiger partial charge in [0.2, 0.25) is 0 Å². The Balaban J connectivity index is 1.57. The van der Waals surface area contributed by atoms with Gasteiger partial charge in [0.1, 0.15) is 5.75 Å². The molecular formula is C17H26N2O3. The van der Waals surface area contributed by atoms with Crippen LogP contribution in [0.5, 0.6) is 5.75 Å². The Morgan fingerprint density at radius 3 is 2.82 bits per heavy atom. The molecule has 1 aromatic rings. The second kappa shape index (κ2) is 8.63. The van der Waals surface area contributed by atoms with Gasteiger partial charge in [0, 0.05) is 26.1 Å². The predicted octanol–water partition coefficient (Wildman–Crippen LogP) is 2.26. The minimum atomic E-state index is -0.255. The molecule has 0 aromatic heterocycles. The molecular weight excluding hydrogens is 280 g/mol. The van der Waals surface area contributed by atoms with Crippen molar-refractivity contribution in [2.45, 2.75) is 31.8 Å². The number of amides is 2. The average molecular weight is 306 g/mol. The summed E-state index contributed by atoms with van der Waals surface area (Å²) in [5.74, 6) is 1.07. The lowest BCUT2D eigenvalue weighted by atomic mass is 10.1. The van der Waals surface area contributed by atoms with Crippen molar-refractivity contribution in [3.05, 3.63) is 30.3 Å². The minimum Gasteiger partial charge on any atom is -0.494 e. The van der Waals surface area contributed by atoms with Gasteiger partial charge in [0.05, 0.1) is 12.7 Å². The molecule has 2 rings (SSSR count). The van der Waals surface area contributed by atoms with E-state index in [1.54, 1.807) is 11.9 Å². The van der Waals surface area contributed by atoms with E-state index in [0.717, 1.165) is 31.4 Å². The van der Waals surface area contributed by atoms with Crippen LogP contribution in [0.25, 0.3) is 0 Å². The van der Waals surface area contributed by atoms with Crippen molar-refractivity contribution in [1.82, 2.24) is 10.2 Å². The van der Waals surface area contributed by atoms with Gasteiger partial charge in [0.25, 0.3) is 0 Å². The number of nitrogens with zero attached hydrogens (tertiary/aromatic N) is 1. The van der Waals surface area contributed by atoms with Crippen LogP contribution in [0.2, 0.25) is 0 Å².